The van der Waals surface area contributed by atoms with Crippen LogP contribution < -0.4 is 29.6 Å². The van der Waals surface area contributed by atoms with Crippen LogP contribution in [0.25, 0.3) is 0 Å². The van der Waals surface area contributed by atoms with Crippen LogP contribution in [-0.4, -0.2) is 61.7 Å². The Labute approximate surface area is 202 Å². The van der Waals surface area contributed by atoms with Crippen LogP contribution in [0, 0.1) is 0 Å². The molecule has 188 valence electrons. The molecule has 0 bridgehead atoms. The Morgan fingerprint density at radius 2 is 1.54 bits per heavy atom. The molecular weight excluding hydrogens is 480 g/mol. The fraction of sp³-hybridized carbons (Fsp3) is 0.304. The predicted molar refractivity (Wildman–Crippen MR) is 125 cm³/mol. The molecule has 2 N–H and O–H groups in total. The van der Waals surface area contributed by atoms with Crippen LogP contribution in [0.2, 0.25) is 0 Å². The molecular formula is C23H26N2O9S. The summed E-state index contributed by atoms with van der Waals surface area (Å²) >= 11 is 0. The van der Waals surface area contributed by atoms with E-state index in [1.54, 1.807) is 24.3 Å². The van der Waals surface area contributed by atoms with Crippen LogP contribution in [0.3, 0.4) is 0 Å². The summed E-state index contributed by atoms with van der Waals surface area (Å²) in [6, 6.07) is 7.41. The molecule has 1 aliphatic heterocycles. The van der Waals surface area contributed by atoms with E-state index in [4.69, 9.17) is 23.7 Å². The number of esters is 1. The van der Waals surface area contributed by atoms with Gasteiger partial charge in [-0.1, -0.05) is 6.07 Å². The highest BCUT2D eigenvalue weighted by Gasteiger charge is 2.36. The highest BCUT2D eigenvalue weighted by atomic mass is 32.2. The van der Waals surface area contributed by atoms with Crippen molar-refractivity contribution in [2.75, 3.05) is 41.3 Å². The van der Waals surface area contributed by atoms with E-state index in [0.29, 0.717) is 22.8 Å². The summed E-state index contributed by atoms with van der Waals surface area (Å²) in [7, 11) is 2.69. The first-order chi connectivity index (χ1) is 16.7. The number of hydrogen-bond donors (Lipinski definition) is 2. The Bertz CT molecular complexity index is 1270. The summed E-state index contributed by atoms with van der Waals surface area (Å²) in [5, 5.41) is 5.08. The Hall–Kier alpha value is -3.93. The minimum Gasteiger partial charge on any atom is -0.497 e. The third-order valence-corrected chi connectivity index (χ3v) is 7.00. The topological polar surface area (TPSA) is 138 Å². The second kappa shape index (κ2) is 10.6. The van der Waals surface area contributed by atoms with Crippen molar-refractivity contribution in [2.24, 2.45) is 0 Å². The lowest BCUT2D eigenvalue weighted by Gasteiger charge is -2.29. The molecule has 12 heteroatoms. The molecule has 2 aromatic carbocycles. The smallest absolute Gasteiger partial charge is 0.338 e. The molecule has 35 heavy (non-hydrogen) atoms. The van der Waals surface area contributed by atoms with E-state index in [-0.39, 0.29) is 21.9 Å². The molecule has 0 aliphatic carbocycles. The number of benzene rings is 2. The number of ether oxygens (including phenoxy) is 5. The van der Waals surface area contributed by atoms with Crippen LogP contribution in [-0.2, 0) is 19.4 Å². The quantitative estimate of drug-likeness (QED) is 0.489. The van der Waals surface area contributed by atoms with E-state index in [1.165, 1.54) is 40.6 Å². The number of amides is 2. The average Bonchev–Trinajstić information content (AvgIpc) is 2.86. The van der Waals surface area contributed by atoms with Crippen molar-refractivity contribution < 1.29 is 41.7 Å². The van der Waals surface area contributed by atoms with E-state index < -0.39 is 33.6 Å². The van der Waals surface area contributed by atoms with Gasteiger partial charge in [0.25, 0.3) is 0 Å². The summed E-state index contributed by atoms with van der Waals surface area (Å²) in [5.41, 5.74) is 0.238. The lowest BCUT2D eigenvalue weighted by molar-refractivity contribution is -0.136. The van der Waals surface area contributed by atoms with Gasteiger partial charge in [-0.2, -0.15) is 0 Å². The molecule has 2 amide bonds. The van der Waals surface area contributed by atoms with Crippen molar-refractivity contribution in [2.45, 2.75) is 10.9 Å². The molecule has 0 radical (unpaired) electrons. The second-order valence-electron chi connectivity index (χ2n) is 7.31. The lowest BCUT2D eigenvalue weighted by atomic mass is 9.95. The summed E-state index contributed by atoms with van der Waals surface area (Å²) in [5.74, 6) is -0.352. The summed E-state index contributed by atoms with van der Waals surface area (Å²) in [6.45, 7) is 0. The monoisotopic (exact) mass is 506 g/mol. The molecule has 11 nitrogen and oxygen atoms in total. The highest BCUT2D eigenvalue weighted by Crippen LogP contribution is 2.36. The van der Waals surface area contributed by atoms with Crippen LogP contribution >= 0.6 is 0 Å². The number of carbonyl (C=O) groups is 2. The Morgan fingerprint density at radius 1 is 0.886 bits per heavy atom. The van der Waals surface area contributed by atoms with Gasteiger partial charge in [-0.05, 0) is 29.8 Å². The molecule has 0 saturated heterocycles. The predicted octanol–water partition coefficient (Wildman–Crippen LogP) is 1.98. The third-order valence-electron chi connectivity index (χ3n) is 5.34. The van der Waals surface area contributed by atoms with E-state index >= 15 is 0 Å². The minimum atomic E-state index is -4.12. The van der Waals surface area contributed by atoms with Crippen LogP contribution in [0.1, 0.15) is 11.6 Å². The number of urea groups is 1. The molecule has 3 rings (SSSR count). The van der Waals surface area contributed by atoms with Gasteiger partial charge in [-0.15, -0.1) is 0 Å². The highest BCUT2D eigenvalue weighted by molar-refractivity contribution is 7.91. The van der Waals surface area contributed by atoms with Crippen molar-refractivity contribution in [3.8, 4) is 23.0 Å². The first kappa shape index (κ1) is 25.7. The molecule has 0 aromatic heterocycles. The zero-order valence-electron chi connectivity index (χ0n) is 19.8. The molecule has 1 heterocycles. The molecule has 0 saturated carbocycles. The zero-order chi connectivity index (χ0) is 25.8. The van der Waals surface area contributed by atoms with E-state index in [1.807, 2.05) is 0 Å². The first-order valence-corrected chi connectivity index (χ1v) is 11.9. The first-order valence-electron chi connectivity index (χ1n) is 10.2. The average molecular weight is 507 g/mol. The van der Waals surface area contributed by atoms with Crippen molar-refractivity contribution in [3.63, 3.8) is 0 Å². The van der Waals surface area contributed by atoms with Crippen molar-refractivity contribution in [1.82, 2.24) is 10.6 Å². The molecule has 1 aliphatic rings. The van der Waals surface area contributed by atoms with Crippen molar-refractivity contribution >= 4 is 21.8 Å². The van der Waals surface area contributed by atoms with Gasteiger partial charge in [0.1, 0.15) is 16.4 Å². The number of hydrogen-bond acceptors (Lipinski definition) is 9. The fourth-order valence-electron chi connectivity index (χ4n) is 3.66. The Kier molecular flexibility index (Phi) is 7.75. The van der Waals surface area contributed by atoms with Crippen LogP contribution in [0.4, 0.5) is 4.79 Å². The summed E-state index contributed by atoms with van der Waals surface area (Å²) in [6.07, 6.45) is 0. The molecule has 0 spiro atoms. The van der Waals surface area contributed by atoms with Gasteiger partial charge in [0.2, 0.25) is 0 Å². The van der Waals surface area contributed by atoms with E-state index in [2.05, 4.69) is 10.6 Å². The van der Waals surface area contributed by atoms with Crippen molar-refractivity contribution in [1.29, 1.82) is 0 Å². The van der Waals surface area contributed by atoms with Gasteiger partial charge in [0.05, 0.1) is 52.9 Å². The SMILES string of the molecule is COC(=O)C1=C(CS(=O)(=O)c2cc(OC)ccc2OC)NC(=O)N[C@H]1c1ccc(OC)c(OC)c1. The Balaban J connectivity index is 2.15. The number of carbonyl (C=O) groups excluding carboxylic acids is 2. The van der Waals surface area contributed by atoms with Gasteiger partial charge in [-0.3, -0.25) is 0 Å². The molecule has 2 aromatic rings. The van der Waals surface area contributed by atoms with Crippen LogP contribution in [0.5, 0.6) is 23.0 Å². The van der Waals surface area contributed by atoms with Gasteiger partial charge in [-0.25, -0.2) is 18.0 Å². The molecule has 0 fully saturated rings. The maximum atomic E-state index is 13.4. The minimum absolute atomic E-state index is 0.0789. The van der Waals surface area contributed by atoms with Gasteiger partial charge < -0.3 is 34.3 Å². The molecule has 1 atom stereocenters. The Morgan fingerprint density at radius 3 is 2.14 bits per heavy atom. The maximum absolute atomic E-state index is 13.4. The number of methoxy groups -OCH3 is 5. The standard InChI is InChI=1S/C23H26N2O9S/c1-30-14-7-9-17(32-3)19(11-14)35(28,29)12-15-20(22(26)34-5)21(25-23(27)24-15)13-6-8-16(31-2)18(10-13)33-4/h6-11,21H,12H2,1-5H3,(H2,24,25,27)/t21-/m0/s1. The van der Waals surface area contributed by atoms with Crippen LogP contribution in [0.15, 0.2) is 52.6 Å². The number of nitrogens with one attached hydrogen (secondary N) is 2. The molecule has 0 unspecified atom stereocenters. The van der Waals surface area contributed by atoms with Gasteiger partial charge in [0, 0.05) is 11.8 Å². The largest absolute Gasteiger partial charge is 0.497 e. The number of rotatable bonds is 9. The normalized spacial score (nSPS) is 15.6. The number of sulfone groups is 1. The van der Waals surface area contributed by atoms with Crippen molar-refractivity contribution in [3.05, 3.63) is 53.2 Å². The van der Waals surface area contributed by atoms with E-state index in [0.717, 1.165) is 7.11 Å². The third kappa shape index (κ3) is 5.27. The maximum Gasteiger partial charge on any atom is 0.338 e. The van der Waals surface area contributed by atoms with Gasteiger partial charge >= 0.3 is 12.0 Å². The zero-order valence-corrected chi connectivity index (χ0v) is 20.6. The summed E-state index contributed by atoms with van der Waals surface area (Å²) < 4.78 is 52.7. The van der Waals surface area contributed by atoms with E-state index in [9.17, 15) is 18.0 Å². The lowest BCUT2D eigenvalue weighted by Crippen LogP contribution is -2.47. The second-order valence-corrected chi connectivity index (χ2v) is 9.26. The summed E-state index contributed by atoms with van der Waals surface area (Å²) in [4.78, 5) is 25.2. The fourth-order valence-corrected chi connectivity index (χ4v) is 5.18. The van der Waals surface area contributed by atoms with Gasteiger partial charge in [0.15, 0.2) is 21.3 Å².